The van der Waals surface area contributed by atoms with Gasteiger partial charge >= 0.3 is 5.97 Å². The molecule has 0 saturated heterocycles. The Balaban J connectivity index is 2.58. The van der Waals surface area contributed by atoms with E-state index in [0.29, 0.717) is 12.2 Å². The second kappa shape index (κ2) is 5.86. The van der Waals surface area contributed by atoms with Gasteiger partial charge in [-0.05, 0) is 31.2 Å². The van der Waals surface area contributed by atoms with Gasteiger partial charge in [0.1, 0.15) is 12.4 Å². The van der Waals surface area contributed by atoms with E-state index >= 15 is 0 Å². The highest BCUT2D eigenvalue weighted by Crippen LogP contribution is 2.11. The van der Waals surface area contributed by atoms with E-state index in [0.717, 1.165) is 5.75 Å². The molecule has 0 saturated carbocycles. The molecule has 15 heavy (non-hydrogen) atoms. The predicted molar refractivity (Wildman–Crippen MR) is 58.1 cm³/mol. The number of methoxy groups -OCH3 is 1. The molecule has 3 heteroatoms. The molecule has 0 aromatic heterocycles. The van der Waals surface area contributed by atoms with Crippen molar-refractivity contribution >= 4 is 5.97 Å². The number of carbonyl (C=O) groups is 1. The van der Waals surface area contributed by atoms with Gasteiger partial charge in [0.25, 0.3) is 0 Å². The zero-order valence-corrected chi connectivity index (χ0v) is 8.90. The van der Waals surface area contributed by atoms with E-state index in [-0.39, 0.29) is 5.97 Å². The van der Waals surface area contributed by atoms with Crippen molar-refractivity contribution in [2.75, 3.05) is 13.7 Å². The Morgan fingerprint density at radius 1 is 1.33 bits per heavy atom. The molecule has 0 aliphatic carbocycles. The van der Waals surface area contributed by atoms with Crippen LogP contribution in [-0.2, 0) is 4.74 Å². The van der Waals surface area contributed by atoms with Gasteiger partial charge in [-0.25, -0.2) is 4.79 Å². The number of ether oxygens (including phenoxy) is 2. The molecule has 0 amide bonds. The lowest BCUT2D eigenvalue weighted by Crippen LogP contribution is -2.04. The van der Waals surface area contributed by atoms with Crippen LogP contribution in [-0.4, -0.2) is 19.7 Å². The molecule has 0 unspecified atom stereocenters. The van der Waals surface area contributed by atoms with E-state index < -0.39 is 0 Å². The van der Waals surface area contributed by atoms with Crippen LogP contribution in [0.2, 0.25) is 0 Å². The lowest BCUT2D eigenvalue weighted by atomic mass is 10.2. The number of hydrogen-bond acceptors (Lipinski definition) is 3. The first kappa shape index (κ1) is 11.3. The first-order valence-electron chi connectivity index (χ1n) is 4.70. The summed E-state index contributed by atoms with van der Waals surface area (Å²) in [5, 5.41) is 0. The monoisotopic (exact) mass is 206 g/mol. The van der Waals surface area contributed by atoms with Gasteiger partial charge < -0.3 is 9.47 Å². The minimum atomic E-state index is -0.323. The van der Waals surface area contributed by atoms with Gasteiger partial charge in [-0.3, -0.25) is 0 Å². The maximum atomic E-state index is 11.4. The average Bonchev–Trinajstić information content (AvgIpc) is 2.29. The largest absolute Gasteiger partial charge is 0.497 e. The third-order valence-corrected chi connectivity index (χ3v) is 1.87. The van der Waals surface area contributed by atoms with Crippen LogP contribution < -0.4 is 4.74 Å². The molecule has 0 fully saturated rings. The van der Waals surface area contributed by atoms with Crippen LogP contribution in [0.5, 0.6) is 5.75 Å². The molecule has 0 heterocycles. The Kier molecular flexibility index (Phi) is 4.41. The van der Waals surface area contributed by atoms with Crippen molar-refractivity contribution in [1.29, 1.82) is 0 Å². The minimum absolute atomic E-state index is 0.307. The standard InChI is InChI=1S/C12H14O3/c1-3-4-9-15-12(13)10-5-7-11(14-2)8-6-10/h3-8H,9H2,1-2H3. The van der Waals surface area contributed by atoms with Crippen LogP contribution in [0.25, 0.3) is 0 Å². The van der Waals surface area contributed by atoms with E-state index in [1.165, 1.54) is 0 Å². The van der Waals surface area contributed by atoms with Gasteiger partial charge in [0.05, 0.1) is 12.7 Å². The summed E-state index contributed by atoms with van der Waals surface area (Å²) in [5.41, 5.74) is 0.528. The summed E-state index contributed by atoms with van der Waals surface area (Å²) in [6.07, 6.45) is 3.61. The van der Waals surface area contributed by atoms with E-state index in [9.17, 15) is 4.79 Å². The number of esters is 1. The van der Waals surface area contributed by atoms with Gasteiger partial charge in [0, 0.05) is 0 Å². The first-order valence-corrected chi connectivity index (χ1v) is 4.70. The molecule has 0 aliphatic rings. The first-order chi connectivity index (χ1) is 7.27. The third-order valence-electron chi connectivity index (χ3n) is 1.87. The fraction of sp³-hybridized carbons (Fsp3) is 0.250. The van der Waals surface area contributed by atoms with Crippen molar-refractivity contribution in [3.8, 4) is 5.75 Å². The number of hydrogen-bond donors (Lipinski definition) is 0. The average molecular weight is 206 g/mol. The zero-order chi connectivity index (χ0) is 11.1. The fourth-order valence-electron chi connectivity index (χ4n) is 1.03. The van der Waals surface area contributed by atoms with Crippen LogP contribution in [0.15, 0.2) is 36.4 Å². The van der Waals surface area contributed by atoms with Gasteiger partial charge in [0.15, 0.2) is 0 Å². The van der Waals surface area contributed by atoms with Crippen LogP contribution in [0.4, 0.5) is 0 Å². The molecule has 1 aromatic carbocycles. The molecule has 3 nitrogen and oxygen atoms in total. The van der Waals surface area contributed by atoms with E-state index in [1.807, 2.05) is 13.0 Å². The van der Waals surface area contributed by atoms with Crippen LogP contribution in [0, 0.1) is 0 Å². The number of rotatable bonds is 4. The Morgan fingerprint density at radius 2 is 2.00 bits per heavy atom. The highest BCUT2D eigenvalue weighted by atomic mass is 16.5. The summed E-state index contributed by atoms with van der Waals surface area (Å²) in [7, 11) is 1.58. The zero-order valence-electron chi connectivity index (χ0n) is 8.90. The van der Waals surface area contributed by atoms with Gasteiger partial charge in [-0.1, -0.05) is 12.2 Å². The maximum Gasteiger partial charge on any atom is 0.338 e. The van der Waals surface area contributed by atoms with Crippen molar-refractivity contribution in [2.24, 2.45) is 0 Å². The number of carbonyl (C=O) groups excluding carboxylic acids is 1. The molecular formula is C12H14O3. The fourth-order valence-corrected chi connectivity index (χ4v) is 1.03. The SMILES string of the molecule is CC=CCOC(=O)c1ccc(OC)cc1. The summed E-state index contributed by atoms with van der Waals surface area (Å²) >= 11 is 0. The van der Waals surface area contributed by atoms with Crippen LogP contribution in [0.1, 0.15) is 17.3 Å². The molecule has 80 valence electrons. The quantitative estimate of drug-likeness (QED) is 0.560. The van der Waals surface area contributed by atoms with E-state index in [1.54, 1.807) is 37.5 Å². The van der Waals surface area contributed by atoms with Crippen molar-refractivity contribution in [3.05, 3.63) is 42.0 Å². The van der Waals surface area contributed by atoms with E-state index in [2.05, 4.69) is 0 Å². The summed E-state index contributed by atoms with van der Waals surface area (Å²) in [5.74, 6) is 0.399. The predicted octanol–water partition coefficient (Wildman–Crippen LogP) is 2.43. The molecule has 0 atom stereocenters. The Morgan fingerprint density at radius 3 is 2.53 bits per heavy atom. The van der Waals surface area contributed by atoms with Crippen molar-refractivity contribution in [3.63, 3.8) is 0 Å². The Hall–Kier alpha value is -1.77. The van der Waals surface area contributed by atoms with Gasteiger partial charge in [-0.2, -0.15) is 0 Å². The second-order valence-electron chi connectivity index (χ2n) is 2.90. The smallest absolute Gasteiger partial charge is 0.338 e. The topological polar surface area (TPSA) is 35.5 Å². The van der Waals surface area contributed by atoms with Crippen molar-refractivity contribution < 1.29 is 14.3 Å². The third kappa shape index (κ3) is 3.46. The summed E-state index contributed by atoms with van der Waals surface area (Å²) in [6.45, 7) is 2.18. The Bertz CT molecular complexity index is 338. The summed E-state index contributed by atoms with van der Waals surface area (Å²) in [4.78, 5) is 11.4. The number of benzene rings is 1. The van der Waals surface area contributed by atoms with Gasteiger partial charge in [0.2, 0.25) is 0 Å². The van der Waals surface area contributed by atoms with Crippen molar-refractivity contribution in [2.45, 2.75) is 6.92 Å². The molecule has 0 bridgehead atoms. The summed E-state index contributed by atoms with van der Waals surface area (Å²) in [6, 6.07) is 6.81. The molecular weight excluding hydrogens is 192 g/mol. The minimum Gasteiger partial charge on any atom is -0.497 e. The molecule has 0 N–H and O–H groups in total. The lowest BCUT2D eigenvalue weighted by molar-refractivity contribution is 0.0549. The maximum absolute atomic E-state index is 11.4. The van der Waals surface area contributed by atoms with Gasteiger partial charge in [-0.15, -0.1) is 0 Å². The number of allylic oxidation sites excluding steroid dienone is 1. The summed E-state index contributed by atoms with van der Waals surface area (Å²) < 4.78 is 9.96. The molecule has 1 aromatic rings. The lowest BCUT2D eigenvalue weighted by Gasteiger charge is -2.03. The van der Waals surface area contributed by atoms with E-state index in [4.69, 9.17) is 9.47 Å². The molecule has 0 radical (unpaired) electrons. The van der Waals surface area contributed by atoms with Crippen LogP contribution >= 0.6 is 0 Å². The molecule has 0 aliphatic heterocycles. The van der Waals surface area contributed by atoms with Crippen LogP contribution in [0.3, 0.4) is 0 Å². The molecule has 1 rings (SSSR count). The highest BCUT2D eigenvalue weighted by Gasteiger charge is 2.05. The van der Waals surface area contributed by atoms with Crippen molar-refractivity contribution in [1.82, 2.24) is 0 Å². The molecule has 0 spiro atoms. The Labute approximate surface area is 89.3 Å². The second-order valence-corrected chi connectivity index (χ2v) is 2.90. The normalized spacial score (nSPS) is 10.3. The highest BCUT2D eigenvalue weighted by molar-refractivity contribution is 5.89.